The Labute approximate surface area is 71.3 Å². The molecule has 0 aromatic carbocycles. The minimum atomic E-state index is 1.03. The van der Waals surface area contributed by atoms with Crippen LogP contribution in [0.25, 0.3) is 0 Å². The standard InChI is InChI=1S/C8H13NOS/c1-3-11-5-4-8-7(2)6-10-9-8/h6H,3-5H2,1-2H3. The summed E-state index contributed by atoms with van der Waals surface area (Å²) in [7, 11) is 0. The van der Waals surface area contributed by atoms with E-state index in [0.29, 0.717) is 0 Å². The molecule has 0 atom stereocenters. The Kier molecular flexibility index (Phi) is 3.49. The van der Waals surface area contributed by atoms with Crippen LogP contribution in [0, 0.1) is 6.92 Å². The molecule has 0 saturated heterocycles. The molecule has 0 unspecified atom stereocenters. The summed E-state index contributed by atoms with van der Waals surface area (Å²) in [5.41, 5.74) is 2.27. The van der Waals surface area contributed by atoms with Gasteiger partial charge < -0.3 is 4.52 Å². The van der Waals surface area contributed by atoms with Crippen molar-refractivity contribution in [3.63, 3.8) is 0 Å². The fraction of sp³-hybridized carbons (Fsp3) is 0.625. The molecule has 0 amide bonds. The van der Waals surface area contributed by atoms with Gasteiger partial charge in [0, 0.05) is 12.0 Å². The maximum Gasteiger partial charge on any atom is 0.126 e. The van der Waals surface area contributed by atoms with Gasteiger partial charge in [-0.1, -0.05) is 12.1 Å². The highest BCUT2D eigenvalue weighted by Crippen LogP contribution is 2.08. The van der Waals surface area contributed by atoms with Crippen LogP contribution in [0.4, 0.5) is 0 Å². The minimum absolute atomic E-state index is 1.03. The molecule has 0 fully saturated rings. The molecule has 1 aromatic rings. The topological polar surface area (TPSA) is 26.0 Å². The number of rotatable bonds is 4. The van der Waals surface area contributed by atoms with Crippen molar-refractivity contribution in [1.82, 2.24) is 5.16 Å². The molecule has 11 heavy (non-hydrogen) atoms. The monoisotopic (exact) mass is 171 g/mol. The maximum atomic E-state index is 4.82. The Morgan fingerprint density at radius 3 is 3.00 bits per heavy atom. The average molecular weight is 171 g/mol. The molecule has 0 aliphatic rings. The summed E-state index contributed by atoms with van der Waals surface area (Å²) in [6, 6.07) is 0. The third-order valence-electron chi connectivity index (χ3n) is 1.53. The van der Waals surface area contributed by atoms with Crippen LogP contribution in [0.3, 0.4) is 0 Å². The fourth-order valence-electron chi connectivity index (χ4n) is 0.865. The molecular formula is C8H13NOS. The first-order valence-electron chi connectivity index (χ1n) is 3.82. The van der Waals surface area contributed by atoms with E-state index in [1.807, 2.05) is 18.7 Å². The van der Waals surface area contributed by atoms with E-state index >= 15 is 0 Å². The molecule has 0 bridgehead atoms. The van der Waals surface area contributed by atoms with Crippen molar-refractivity contribution >= 4 is 11.8 Å². The van der Waals surface area contributed by atoms with Gasteiger partial charge in [0.15, 0.2) is 0 Å². The van der Waals surface area contributed by atoms with Gasteiger partial charge in [0.1, 0.15) is 6.26 Å². The van der Waals surface area contributed by atoms with E-state index in [9.17, 15) is 0 Å². The SMILES string of the molecule is CCSCCc1nocc1C. The van der Waals surface area contributed by atoms with Gasteiger partial charge in [-0.25, -0.2) is 0 Å². The highest BCUT2D eigenvalue weighted by Gasteiger charge is 2.01. The Bertz CT molecular complexity index is 210. The highest BCUT2D eigenvalue weighted by atomic mass is 32.2. The van der Waals surface area contributed by atoms with E-state index in [1.54, 1.807) is 6.26 Å². The van der Waals surface area contributed by atoms with Gasteiger partial charge >= 0.3 is 0 Å². The molecule has 0 N–H and O–H groups in total. The molecule has 62 valence electrons. The van der Waals surface area contributed by atoms with E-state index < -0.39 is 0 Å². The molecule has 0 spiro atoms. The predicted molar refractivity (Wildman–Crippen MR) is 47.9 cm³/mol. The lowest BCUT2D eigenvalue weighted by Gasteiger charge is -1.94. The molecule has 0 aliphatic heterocycles. The zero-order valence-electron chi connectivity index (χ0n) is 6.96. The molecule has 0 aliphatic carbocycles. The average Bonchev–Trinajstić information content (AvgIpc) is 2.37. The van der Waals surface area contributed by atoms with E-state index in [2.05, 4.69) is 12.1 Å². The lowest BCUT2D eigenvalue weighted by atomic mass is 10.2. The third-order valence-corrected chi connectivity index (χ3v) is 2.44. The van der Waals surface area contributed by atoms with Crippen LogP contribution in [0.15, 0.2) is 10.8 Å². The van der Waals surface area contributed by atoms with Crippen LogP contribution in [0.5, 0.6) is 0 Å². The second kappa shape index (κ2) is 4.44. The smallest absolute Gasteiger partial charge is 0.126 e. The summed E-state index contributed by atoms with van der Waals surface area (Å²) in [5.74, 6) is 2.32. The Hall–Kier alpha value is -0.440. The third kappa shape index (κ3) is 2.58. The van der Waals surface area contributed by atoms with Crippen LogP contribution in [-0.4, -0.2) is 16.7 Å². The first kappa shape index (κ1) is 8.65. The number of nitrogens with zero attached hydrogens (tertiary/aromatic N) is 1. The quantitative estimate of drug-likeness (QED) is 0.650. The van der Waals surface area contributed by atoms with Crippen molar-refractivity contribution in [2.24, 2.45) is 0 Å². The normalized spacial score (nSPS) is 10.4. The zero-order chi connectivity index (χ0) is 8.10. The molecular weight excluding hydrogens is 158 g/mol. The van der Waals surface area contributed by atoms with Crippen LogP contribution < -0.4 is 0 Å². The van der Waals surface area contributed by atoms with Crippen LogP contribution in [0.2, 0.25) is 0 Å². The lowest BCUT2D eigenvalue weighted by molar-refractivity contribution is 0.412. The van der Waals surface area contributed by atoms with Gasteiger partial charge in [0.2, 0.25) is 0 Å². The zero-order valence-corrected chi connectivity index (χ0v) is 7.78. The minimum Gasteiger partial charge on any atom is -0.364 e. The van der Waals surface area contributed by atoms with Gasteiger partial charge in [-0.3, -0.25) is 0 Å². The summed E-state index contributed by atoms with van der Waals surface area (Å²) in [5, 5.41) is 3.90. The Morgan fingerprint density at radius 2 is 2.45 bits per heavy atom. The molecule has 1 rings (SSSR count). The first-order chi connectivity index (χ1) is 5.34. The largest absolute Gasteiger partial charge is 0.364 e. The predicted octanol–water partition coefficient (Wildman–Crippen LogP) is 2.28. The van der Waals surface area contributed by atoms with E-state index in [1.165, 1.54) is 11.3 Å². The fourth-order valence-corrected chi connectivity index (χ4v) is 1.49. The van der Waals surface area contributed by atoms with E-state index in [0.717, 1.165) is 17.9 Å². The summed E-state index contributed by atoms with van der Waals surface area (Å²) in [6.07, 6.45) is 2.73. The van der Waals surface area contributed by atoms with Gasteiger partial charge in [-0.05, 0) is 18.4 Å². The second-order valence-electron chi connectivity index (χ2n) is 2.39. The van der Waals surface area contributed by atoms with Gasteiger partial charge in [0.05, 0.1) is 5.69 Å². The van der Waals surface area contributed by atoms with Gasteiger partial charge in [-0.15, -0.1) is 0 Å². The number of hydrogen-bond donors (Lipinski definition) is 0. The van der Waals surface area contributed by atoms with Crippen molar-refractivity contribution in [2.75, 3.05) is 11.5 Å². The van der Waals surface area contributed by atoms with Crippen molar-refractivity contribution in [1.29, 1.82) is 0 Å². The van der Waals surface area contributed by atoms with Gasteiger partial charge in [-0.2, -0.15) is 11.8 Å². The number of hydrogen-bond acceptors (Lipinski definition) is 3. The molecule has 2 nitrogen and oxygen atoms in total. The van der Waals surface area contributed by atoms with Crippen LogP contribution in [-0.2, 0) is 6.42 Å². The Balaban J connectivity index is 2.32. The maximum absolute atomic E-state index is 4.82. The number of aromatic nitrogens is 1. The van der Waals surface area contributed by atoms with Crippen molar-refractivity contribution in [2.45, 2.75) is 20.3 Å². The molecule has 0 saturated carbocycles. The van der Waals surface area contributed by atoms with Gasteiger partial charge in [0.25, 0.3) is 0 Å². The second-order valence-corrected chi connectivity index (χ2v) is 3.79. The first-order valence-corrected chi connectivity index (χ1v) is 4.97. The summed E-state index contributed by atoms with van der Waals surface area (Å²) in [4.78, 5) is 0. The summed E-state index contributed by atoms with van der Waals surface area (Å²) < 4.78 is 4.82. The highest BCUT2D eigenvalue weighted by molar-refractivity contribution is 7.99. The summed E-state index contributed by atoms with van der Waals surface area (Å²) in [6.45, 7) is 4.20. The Morgan fingerprint density at radius 1 is 1.64 bits per heavy atom. The van der Waals surface area contributed by atoms with Crippen molar-refractivity contribution in [3.05, 3.63) is 17.5 Å². The van der Waals surface area contributed by atoms with E-state index in [-0.39, 0.29) is 0 Å². The molecule has 3 heteroatoms. The van der Waals surface area contributed by atoms with Crippen molar-refractivity contribution < 1.29 is 4.52 Å². The number of aryl methyl sites for hydroxylation is 2. The molecule has 0 radical (unpaired) electrons. The summed E-state index contributed by atoms with van der Waals surface area (Å²) >= 11 is 1.93. The van der Waals surface area contributed by atoms with E-state index in [4.69, 9.17) is 4.52 Å². The van der Waals surface area contributed by atoms with Crippen LogP contribution in [0.1, 0.15) is 18.2 Å². The molecule has 1 aromatic heterocycles. The van der Waals surface area contributed by atoms with Crippen LogP contribution >= 0.6 is 11.8 Å². The molecule has 1 heterocycles. The number of thioether (sulfide) groups is 1. The lowest BCUT2D eigenvalue weighted by Crippen LogP contribution is -1.90. The van der Waals surface area contributed by atoms with Crippen molar-refractivity contribution in [3.8, 4) is 0 Å².